The number of anilines is 2. The number of nitrogens with one attached hydrogen (secondary N) is 2. The predicted molar refractivity (Wildman–Crippen MR) is 133 cm³/mol. The summed E-state index contributed by atoms with van der Waals surface area (Å²) in [5, 5.41) is 20.2. The van der Waals surface area contributed by atoms with E-state index in [0.717, 1.165) is 11.1 Å². The highest BCUT2D eigenvalue weighted by Crippen LogP contribution is 2.37. The summed E-state index contributed by atoms with van der Waals surface area (Å²) in [6.07, 6.45) is 0. The molecule has 1 aliphatic rings. The van der Waals surface area contributed by atoms with Crippen LogP contribution >= 0.6 is 0 Å². The van der Waals surface area contributed by atoms with Gasteiger partial charge in [-0.1, -0.05) is 42.5 Å². The molecule has 0 radical (unpaired) electrons. The number of allylic oxidation sites excluding steroid dienone is 1. The Morgan fingerprint density at radius 3 is 2.57 bits per heavy atom. The van der Waals surface area contributed by atoms with Crippen LogP contribution in [0, 0.1) is 11.3 Å². The molecular formula is C27H22N6O2. The van der Waals surface area contributed by atoms with E-state index >= 15 is 0 Å². The number of carbonyl (C=O) groups excluding carboxylic acids is 1. The van der Waals surface area contributed by atoms with Crippen LogP contribution in [0.25, 0.3) is 11.4 Å². The van der Waals surface area contributed by atoms with Crippen LogP contribution in [-0.2, 0) is 4.79 Å². The van der Waals surface area contributed by atoms with E-state index in [0.29, 0.717) is 40.0 Å². The Bertz CT molecular complexity index is 1470. The largest absolute Gasteiger partial charge is 0.497 e. The fourth-order valence-electron chi connectivity index (χ4n) is 4.10. The van der Waals surface area contributed by atoms with E-state index in [9.17, 15) is 10.1 Å². The van der Waals surface area contributed by atoms with Crippen molar-refractivity contribution in [2.24, 2.45) is 0 Å². The maximum Gasteiger partial charge on any atom is 0.255 e. The summed E-state index contributed by atoms with van der Waals surface area (Å²) in [6, 6.07) is 25.5. The average molecular weight is 463 g/mol. The van der Waals surface area contributed by atoms with Gasteiger partial charge in [0.2, 0.25) is 5.95 Å². The van der Waals surface area contributed by atoms with Gasteiger partial charge >= 0.3 is 0 Å². The van der Waals surface area contributed by atoms with Crippen molar-refractivity contribution in [3.63, 3.8) is 0 Å². The average Bonchev–Trinajstić information content (AvgIpc) is 3.32. The van der Waals surface area contributed by atoms with Gasteiger partial charge in [-0.05, 0) is 48.9 Å². The normalized spacial score (nSPS) is 14.5. The number of nitriles is 1. The summed E-state index contributed by atoms with van der Waals surface area (Å²) >= 11 is 0. The quantitative estimate of drug-likeness (QED) is 0.443. The molecule has 0 saturated carbocycles. The number of carbonyl (C=O) groups is 1. The zero-order valence-electron chi connectivity index (χ0n) is 19.2. The van der Waals surface area contributed by atoms with Gasteiger partial charge in [0, 0.05) is 16.9 Å². The molecule has 1 atom stereocenters. The molecule has 8 heteroatoms. The molecule has 8 nitrogen and oxygen atoms in total. The minimum atomic E-state index is -0.547. The first-order chi connectivity index (χ1) is 17.1. The number of rotatable bonds is 5. The fraction of sp³-hybridized carbons (Fsp3) is 0.111. The third-order valence-electron chi connectivity index (χ3n) is 5.81. The van der Waals surface area contributed by atoms with Crippen LogP contribution in [0.5, 0.6) is 5.75 Å². The summed E-state index contributed by atoms with van der Waals surface area (Å²) in [7, 11) is 1.61. The van der Waals surface area contributed by atoms with Crippen LogP contribution in [0.3, 0.4) is 0 Å². The van der Waals surface area contributed by atoms with Crippen molar-refractivity contribution in [1.82, 2.24) is 14.8 Å². The lowest BCUT2D eigenvalue weighted by atomic mass is 9.94. The molecule has 3 aromatic carbocycles. The van der Waals surface area contributed by atoms with Gasteiger partial charge in [0.05, 0.1) is 24.3 Å². The molecule has 4 aromatic rings. The minimum Gasteiger partial charge on any atom is -0.497 e. The molecule has 1 unspecified atom stereocenters. The number of hydrogen-bond acceptors (Lipinski definition) is 6. The first kappa shape index (κ1) is 21.9. The first-order valence-electron chi connectivity index (χ1n) is 11.0. The second kappa shape index (κ2) is 9.15. The maximum atomic E-state index is 13.5. The lowest BCUT2D eigenvalue weighted by Gasteiger charge is -2.28. The standard InChI is InChI=1S/C27H22N6O2/c1-17-23(26(34)30-21-8-4-3-5-9-21)24(19-13-11-18(16-28)12-14-19)33-27(29-17)31-25(32-33)20-7-6-10-22(15-20)35-2/h3-15,24H,1-2H3,(H,30,34)(H,29,31,32). The van der Waals surface area contributed by atoms with E-state index in [1.807, 2.05) is 73.7 Å². The Balaban J connectivity index is 1.60. The number of hydrogen-bond donors (Lipinski definition) is 2. The van der Waals surface area contributed by atoms with Gasteiger partial charge in [-0.3, -0.25) is 4.79 Å². The topological polar surface area (TPSA) is 105 Å². The zero-order chi connectivity index (χ0) is 24.4. The number of methoxy groups -OCH3 is 1. The highest BCUT2D eigenvalue weighted by Gasteiger charge is 2.34. The Labute approximate surface area is 202 Å². The minimum absolute atomic E-state index is 0.250. The van der Waals surface area contributed by atoms with Crippen LogP contribution < -0.4 is 15.4 Å². The van der Waals surface area contributed by atoms with Gasteiger partial charge in [0.1, 0.15) is 11.8 Å². The predicted octanol–water partition coefficient (Wildman–Crippen LogP) is 4.75. The zero-order valence-corrected chi connectivity index (χ0v) is 19.2. The number of amides is 1. The lowest BCUT2D eigenvalue weighted by molar-refractivity contribution is -0.113. The molecule has 0 aliphatic carbocycles. The number of para-hydroxylation sites is 1. The molecule has 1 aromatic heterocycles. The van der Waals surface area contributed by atoms with Crippen LogP contribution in [0.2, 0.25) is 0 Å². The SMILES string of the molecule is COc1cccc(-c2nc3n(n2)C(c2ccc(C#N)cc2)C(C(=O)Nc2ccccc2)=C(C)N3)c1. The molecule has 35 heavy (non-hydrogen) atoms. The molecule has 0 spiro atoms. The fourth-order valence-corrected chi connectivity index (χ4v) is 4.10. The number of aromatic nitrogens is 3. The number of benzene rings is 3. The van der Waals surface area contributed by atoms with Gasteiger partial charge < -0.3 is 15.4 Å². The molecular weight excluding hydrogens is 440 g/mol. The second-order valence-electron chi connectivity index (χ2n) is 8.06. The van der Waals surface area contributed by atoms with Crippen LogP contribution in [0.1, 0.15) is 24.1 Å². The Morgan fingerprint density at radius 1 is 1.09 bits per heavy atom. The molecule has 2 heterocycles. The van der Waals surface area contributed by atoms with Gasteiger partial charge in [0.15, 0.2) is 5.82 Å². The molecule has 172 valence electrons. The van der Waals surface area contributed by atoms with Gasteiger partial charge in [0.25, 0.3) is 5.91 Å². The van der Waals surface area contributed by atoms with Crippen molar-refractivity contribution in [1.29, 1.82) is 5.26 Å². The van der Waals surface area contributed by atoms with Gasteiger partial charge in [-0.2, -0.15) is 10.2 Å². The Hall–Kier alpha value is -4.90. The van der Waals surface area contributed by atoms with E-state index in [1.165, 1.54) is 0 Å². The molecule has 5 rings (SSSR count). The van der Waals surface area contributed by atoms with Crippen LogP contribution in [0.4, 0.5) is 11.6 Å². The Kier molecular flexibility index (Phi) is 5.73. The van der Waals surface area contributed by atoms with Gasteiger partial charge in [-0.15, -0.1) is 5.10 Å². The molecule has 1 aliphatic heterocycles. The lowest BCUT2D eigenvalue weighted by Crippen LogP contribution is -2.31. The Morgan fingerprint density at radius 2 is 1.86 bits per heavy atom. The molecule has 0 fully saturated rings. The van der Waals surface area contributed by atoms with E-state index in [4.69, 9.17) is 14.8 Å². The third-order valence-corrected chi connectivity index (χ3v) is 5.81. The summed E-state index contributed by atoms with van der Waals surface area (Å²) in [5.41, 5.74) is 4.01. The van der Waals surface area contributed by atoms with E-state index in [2.05, 4.69) is 16.7 Å². The van der Waals surface area contributed by atoms with Crippen molar-refractivity contribution in [3.05, 3.63) is 101 Å². The highest BCUT2D eigenvalue weighted by atomic mass is 16.5. The molecule has 0 saturated heterocycles. The van der Waals surface area contributed by atoms with E-state index in [-0.39, 0.29) is 5.91 Å². The highest BCUT2D eigenvalue weighted by molar-refractivity contribution is 6.06. The molecule has 0 bridgehead atoms. The molecule has 2 N–H and O–H groups in total. The van der Waals surface area contributed by atoms with E-state index in [1.54, 1.807) is 23.9 Å². The van der Waals surface area contributed by atoms with Gasteiger partial charge in [-0.25, -0.2) is 4.68 Å². The van der Waals surface area contributed by atoms with Crippen LogP contribution in [-0.4, -0.2) is 27.8 Å². The summed E-state index contributed by atoms with van der Waals surface area (Å²) < 4.78 is 7.06. The van der Waals surface area contributed by atoms with Crippen molar-refractivity contribution in [2.75, 3.05) is 17.7 Å². The third kappa shape index (κ3) is 4.23. The summed E-state index contributed by atoms with van der Waals surface area (Å²) in [4.78, 5) is 18.2. The van der Waals surface area contributed by atoms with E-state index < -0.39 is 6.04 Å². The van der Waals surface area contributed by atoms with Crippen molar-refractivity contribution in [2.45, 2.75) is 13.0 Å². The first-order valence-corrected chi connectivity index (χ1v) is 11.0. The number of nitrogens with zero attached hydrogens (tertiary/aromatic N) is 4. The molecule has 1 amide bonds. The monoisotopic (exact) mass is 462 g/mol. The summed E-state index contributed by atoms with van der Waals surface area (Å²) in [6.45, 7) is 1.85. The number of ether oxygens (including phenoxy) is 1. The van der Waals surface area contributed by atoms with Crippen molar-refractivity contribution >= 4 is 17.5 Å². The van der Waals surface area contributed by atoms with Crippen molar-refractivity contribution in [3.8, 4) is 23.2 Å². The number of fused-ring (bicyclic) bond motifs is 1. The van der Waals surface area contributed by atoms with Crippen LogP contribution in [0.15, 0.2) is 90.1 Å². The maximum absolute atomic E-state index is 13.5. The summed E-state index contributed by atoms with van der Waals surface area (Å²) in [5.74, 6) is 1.47. The smallest absolute Gasteiger partial charge is 0.255 e. The second-order valence-corrected chi connectivity index (χ2v) is 8.06. The van der Waals surface area contributed by atoms with Crippen molar-refractivity contribution < 1.29 is 9.53 Å².